The third-order valence-electron chi connectivity index (χ3n) is 2.34. The Balaban J connectivity index is 2.12. The maximum Gasteiger partial charge on any atom is 0.337 e. The number of methoxy groups -OCH3 is 1. The average molecular weight is 263 g/mol. The third kappa shape index (κ3) is 2.97. The lowest BCUT2D eigenvalue weighted by Gasteiger charge is -2.08. The van der Waals surface area contributed by atoms with E-state index in [1.807, 2.05) is 0 Å². The molecule has 2 rings (SSSR count). The Kier molecular flexibility index (Phi) is 3.60. The molecule has 0 saturated heterocycles. The number of esters is 1. The Morgan fingerprint density at radius 2 is 2.26 bits per heavy atom. The number of carbonyl (C=O) groups is 1. The molecular weight excluding hydrogens is 250 g/mol. The van der Waals surface area contributed by atoms with Crippen LogP contribution >= 0.6 is 0 Å². The third-order valence-corrected chi connectivity index (χ3v) is 2.34. The number of aromatic nitrogens is 4. The fourth-order valence-electron chi connectivity index (χ4n) is 1.43. The topological polar surface area (TPSA) is 105 Å². The van der Waals surface area contributed by atoms with Crippen molar-refractivity contribution in [3.05, 3.63) is 29.6 Å². The van der Waals surface area contributed by atoms with Crippen LogP contribution in [0.2, 0.25) is 0 Å². The van der Waals surface area contributed by atoms with Crippen molar-refractivity contribution in [3.63, 3.8) is 0 Å². The molecule has 0 bridgehead atoms. The van der Waals surface area contributed by atoms with Crippen LogP contribution in [-0.2, 0) is 18.4 Å². The highest BCUT2D eigenvalue weighted by Gasteiger charge is 2.10. The lowest BCUT2D eigenvalue weighted by Crippen LogP contribution is -2.05. The Morgan fingerprint density at radius 1 is 1.47 bits per heavy atom. The molecule has 0 unspecified atom stereocenters. The van der Waals surface area contributed by atoms with Crippen molar-refractivity contribution in [3.8, 4) is 5.75 Å². The van der Waals surface area contributed by atoms with Crippen LogP contribution in [0, 0.1) is 0 Å². The number of tetrazole rings is 1. The van der Waals surface area contributed by atoms with Gasteiger partial charge in [0.15, 0.2) is 6.61 Å². The van der Waals surface area contributed by atoms with Gasteiger partial charge < -0.3 is 15.2 Å². The summed E-state index contributed by atoms with van der Waals surface area (Å²) in [6, 6.07) is 4.65. The van der Waals surface area contributed by atoms with Gasteiger partial charge in [0.05, 0.1) is 25.4 Å². The maximum absolute atomic E-state index is 11.4. The van der Waals surface area contributed by atoms with E-state index in [0.717, 1.165) is 0 Å². The molecule has 8 nitrogen and oxygen atoms in total. The van der Waals surface area contributed by atoms with Crippen molar-refractivity contribution in [2.24, 2.45) is 7.05 Å². The minimum Gasteiger partial charge on any atom is -0.483 e. The number of carbonyl (C=O) groups excluding carboxylic acids is 1. The van der Waals surface area contributed by atoms with Crippen LogP contribution in [0.15, 0.2) is 18.2 Å². The lowest BCUT2D eigenvalue weighted by molar-refractivity contribution is 0.0600. The van der Waals surface area contributed by atoms with Gasteiger partial charge in [-0.25, -0.2) is 4.79 Å². The number of hydrogen-bond acceptors (Lipinski definition) is 7. The Morgan fingerprint density at radius 3 is 2.89 bits per heavy atom. The number of nitrogens with zero attached hydrogens (tertiary/aromatic N) is 4. The number of rotatable bonds is 4. The molecule has 0 spiro atoms. The number of aryl methyl sites for hydroxylation is 1. The second-order valence-electron chi connectivity index (χ2n) is 3.73. The van der Waals surface area contributed by atoms with Crippen LogP contribution in [-0.4, -0.2) is 33.3 Å². The zero-order valence-corrected chi connectivity index (χ0v) is 10.5. The minimum absolute atomic E-state index is 0.114. The number of ether oxygens (including phenoxy) is 2. The molecule has 1 aromatic carbocycles. The van der Waals surface area contributed by atoms with E-state index in [1.54, 1.807) is 19.2 Å². The van der Waals surface area contributed by atoms with Gasteiger partial charge in [0.1, 0.15) is 5.75 Å². The molecular formula is C11H13N5O3. The second kappa shape index (κ2) is 5.34. The molecule has 1 aromatic heterocycles. The molecule has 0 aliphatic rings. The van der Waals surface area contributed by atoms with Crippen molar-refractivity contribution in [1.29, 1.82) is 0 Å². The number of anilines is 1. The first-order valence-corrected chi connectivity index (χ1v) is 5.43. The maximum atomic E-state index is 11.4. The monoisotopic (exact) mass is 263 g/mol. The van der Waals surface area contributed by atoms with Crippen LogP contribution in [0.4, 0.5) is 5.69 Å². The first kappa shape index (κ1) is 12.8. The van der Waals surface area contributed by atoms with E-state index >= 15 is 0 Å². The van der Waals surface area contributed by atoms with Gasteiger partial charge in [0.2, 0.25) is 5.82 Å². The molecule has 8 heteroatoms. The van der Waals surface area contributed by atoms with Crippen molar-refractivity contribution in [1.82, 2.24) is 20.2 Å². The van der Waals surface area contributed by atoms with Crippen LogP contribution in [0.25, 0.3) is 0 Å². The number of nitrogen functional groups attached to an aromatic ring is 1. The molecule has 100 valence electrons. The summed E-state index contributed by atoms with van der Waals surface area (Å²) in [7, 11) is 2.96. The SMILES string of the molecule is COC(=O)c1ccc(N)c(OCc2nnn(C)n2)c1. The smallest absolute Gasteiger partial charge is 0.337 e. The fraction of sp³-hybridized carbons (Fsp3) is 0.273. The van der Waals surface area contributed by atoms with Crippen molar-refractivity contribution >= 4 is 11.7 Å². The van der Waals surface area contributed by atoms with Crippen LogP contribution in [0.1, 0.15) is 16.2 Å². The van der Waals surface area contributed by atoms with Gasteiger partial charge >= 0.3 is 5.97 Å². The fourth-order valence-corrected chi connectivity index (χ4v) is 1.43. The van der Waals surface area contributed by atoms with E-state index in [0.29, 0.717) is 22.8 Å². The number of hydrogen-bond donors (Lipinski definition) is 1. The van der Waals surface area contributed by atoms with E-state index in [1.165, 1.54) is 18.0 Å². The average Bonchev–Trinajstić information content (AvgIpc) is 2.82. The predicted octanol–water partition coefficient (Wildman–Crippen LogP) is 0.158. The van der Waals surface area contributed by atoms with Crippen molar-refractivity contribution in [2.45, 2.75) is 6.61 Å². The van der Waals surface area contributed by atoms with Gasteiger partial charge in [0.25, 0.3) is 0 Å². The first-order chi connectivity index (χ1) is 9.10. The molecule has 19 heavy (non-hydrogen) atoms. The molecule has 0 fully saturated rings. The van der Waals surface area contributed by atoms with E-state index < -0.39 is 5.97 Å². The summed E-state index contributed by atoms with van der Waals surface area (Å²) in [6.07, 6.45) is 0. The molecule has 0 amide bonds. The number of nitrogens with two attached hydrogens (primary N) is 1. The standard InChI is InChI=1S/C11H13N5O3/c1-16-14-10(13-15-16)6-19-9-5-7(11(17)18-2)3-4-8(9)12/h3-5H,6,12H2,1-2H3. The Bertz CT molecular complexity index is 596. The molecule has 1 heterocycles. The summed E-state index contributed by atoms with van der Waals surface area (Å²) in [6.45, 7) is 0.114. The van der Waals surface area contributed by atoms with Gasteiger partial charge in [-0.3, -0.25) is 0 Å². The van der Waals surface area contributed by atoms with Gasteiger partial charge in [0, 0.05) is 0 Å². The van der Waals surface area contributed by atoms with E-state index in [2.05, 4.69) is 20.1 Å². The number of benzene rings is 1. The van der Waals surface area contributed by atoms with Crippen molar-refractivity contribution in [2.75, 3.05) is 12.8 Å². The summed E-state index contributed by atoms with van der Waals surface area (Å²) in [5, 5.41) is 11.4. The molecule has 0 aliphatic carbocycles. The highest BCUT2D eigenvalue weighted by atomic mass is 16.5. The molecule has 0 atom stereocenters. The zero-order chi connectivity index (χ0) is 13.8. The second-order valence-corrected chi connectivity index (χ2v) is 3.73. The largest absolute Gasteiger partial charge is 0.483 e. The molecule has 0 aliphatic heterocycles. The summed E-state index contributed by atoms with van der Waals surface area (Å²) in [5.74, 6) is 0.336. The lowest BCUT2D eigenvalue weighted by atomic mass is 10.2. The Labute approximate surface area is 109 Å². The van der Waals surface area contributed by atoms with Crippen molar-refractivity contribution < 1.29 is 14.3 Å². The van der Waals surface area contributed by atoms with Gasteiger partial charge in [-0.1, -0.05) is 0 Å². The van der Waals surface area contributed by atoms with Gasteiger partial charge in [-0.2, -0.15) is 4.80 Å². The molecule has 0 saturated carbocycles. The highest BCUT2D eigenvalue weighted by molar-refractivity contribution is 5.90. The van der Waals surface area contributed by atoms with Gasteiger partial charge in [-0.15, -0.1) is 10.2 Å². The summed E-state index contributed by atoms with van der Waals surface area (Å²) in [5.41, 5.74) is 6.54. The van der Waals surface area contributed by atoms with Crippen LogP contribution < -0.4 is 10.5 Å². The van der Waals surface area contributed by atoms with Crippen LogP contribution in [0.3, 0.4) is 0 Å². The first-order valence-electron chi connectivity index (χ1n) is 5.43. The predicted molar refractivity (Wildman–Crippen MR) is 65.3 cm³/mol. The van der Waals surface area contributed by atoms with E-state index in [4.69, 9.17) is 10.5 Å². The molecule has 2 N–H and O–H groups in total. The van der Waals surface area contributed by atoms with E-state index in [-0.39, 0.29) is 6.61 Å². The van der Waals surface area contributed by atoms with Crippen LogP contribution in [0.5, 0.6) is 5.75 Å². The van der Waals surface area contributed by atoms with E-state index in [9.17, 15) is 4.79 Å². The highest BCUT2D eigenvalue weighted by Crippen LogP contribution is 2.23. The summed E-state index contributed by atoms with van der Waals surface area (Å²) in [4.78, 5) is 12.7. The molecule has 2 aromatic rings. The Hall–Kier alpha value is -2.64. The molecule has 0 radical (unpaired) electrons. The zero-order valence-electron chi connectivity index (χ0n) is 10.5. The summed E-state index contributed by atoms with van der Waals surface area (Å²) >= 11 is 0. The minimum atomic E-state index is -0.456. The summed E-state index contributed by atoms with van der Waals surface area (Å²) < 4.78 is 10.1. The quantitative estimate of drug-likeness (QED) is 0.618. The van der Waals surface area contributed by atoms with Gasteiger partial charge in [-0.05, 0) is 23.4 Å². The normalized spacial score (nSPS) is 10.2.